The number of carbonyl (C=O) groups excluding carboxylic acids is 1. The minimum Gasteiger partial charge on any atom is -0.504 e. The lowest BCUT2D eigenvalue weighted by Crippen LogP contribution is -2.35. The van der Waals surface area contributed by atoms with Crippen molar-refractivity contribution in [2.75, 3.05) is 0 Å². The predicted molar refractivity (Wildman–Crippen MR) is 85.7 cm³/mol. The Kier molecular flexibility index (Phi) is 3.75. The number of rotatable bonds is 4. The summed E-state index contributed by atoms with van der Waals surface area (Å²) in [5.74, 6) is 0.0246. The number of aromatic nitrogens is 2. The minimum absolute atomic E-state index is 0.0830. The highest BCUT2D eigenvalue weighted by Gasteiger charge is 2.33. The molecule has 0 fully saturated rings. The molecule has 1 aliphatic heterocycles. The molecule has 1 amide bonds. The zero-order valence-electron chi connectivity index (χ0n) is 13.5. The molecule has 23 heavy (non-hydrogen) atoms. The summed E-state index contributed by atoms with van der Waals surface area (Å²) in [5, 5.41) is 13.3. The van der Waals surface area contributed by atoms with Crippen LogP contribution in [0.4, 0.5) is 0 Å². The number of benzene rings is 1. The largest absolute Gasteiger partial charge is 0.504 e. The molecule has 0 bridgehead atoms. The van der Waals surface area contributed by atoms with Crippen molar-refractivity contribution in [3.8, 4) is 11.5 Å². The van der Waals surface area contributed by atoms with Gasteiger partial charge < -0.3 is 19.7 Å². The topological polar surface area (TPSA) is 76.4 Å². The molecule has 2 aromatic rings. The Labute approximate surface area is 135 Å². The molecule has 2 heterocycles. The number of nitrogens with zero attached hydrogens (tertiary/aromatic N) is 2. The fourth-order valence-corrected chi connectivity index (χ4v) is 2.88. The number of imidazole rings is 1. The quantitative estimate of drug-likeness (QED) is 0.906. The molecule has 1 aromatic carbocycles. The Morgan fingerprint density at radius 1 is 1.52 bits per heavy atom. The van der Waals surface area contributed by atoms with Crippen LogP contribution in [-0.2, 0) is 13.0 Å². The highest BCUT2D eigenvalue weighted by molar-refractivity contribution is 5.98. The van der Waals surface area contributed by atoms with E-state index in [1.54, 1.807) is 18.6 Å². The lowest BCUT2D eigenvalue weighted by molar-refractivity contribution is 0.0930. The molecule has 1 atom stereocenters. The molecule has 6 nitrogen and oxygen atoms in total. The molecule has 0 saturated carbocycles. The third kappa shape index (κ3) is 3.16. The van der Waals surface area contributed by atoms with E-state index in [-0.39, 0.29) is 28.9 Å². The molecule has 3 rings (SSSR count). The molecule has 1 aromatic heterocycles. The molecule has 0 radical (unpaired) electrons. The van der Waals surface area contributed by atoms with E-state index in [2.05, 4.69) is 10.3 Å². The van der Waals surface area contributed by atoms with E-state index in [1.807, 2.05) is 37.6 Å². The summed E-state index contributed by atoms with van der Waals surface area (Å²) in [4.78, 5) is 16.4. The van der Waals surface area contributed by atoms with Gasteiger partial charge in [-0.25, -0.2) is 4.98 Å². The lowest BCUT2D eigenvalue weighted by Gasteiger charge is -2.18. The van der Waals surface area contributed by atoms with Crippen LogP contribution < -0.4 is 10.1 Å². The highest BCUT2D eigenvalue weighted by Crippen LogP contribution is 2.43. The van der Waals surface area contributed by atoms with Gasteiger partial charge in [-0.05, 0) is 26.8 Å². The van der Waals surface area contributed by atoms with Crippen LogP contribution in [0.15, 0.2) is 30.9 Å². The number of phenols is 1. The summed E-state index contributed by atoms with van der Waals surface area (Å²) in [7, 11) is 0. The number of amides is 1. The number of hydrogen-bond acceptors (Lipinski definition) is 4. The van der Waals surface area contributed by atoms with Crippen molar-refractivity contribution in [3.63, 3.8) is 0 Å². The van der Waals surface area contributed by atoms with Gasteiger partial charge in [0.2, 0.25) is 0 Å². The van der Waals surface area contributed by atoms with Gasteiger partial charge in [0.25, 0.3) is 5.91 Å². The summed E-state index contributed by atoms with van der Waals surface area (Å²) >= 11 is 0. The standard InChI is InChI=1S/C17H21N3O3/c1-11(9-20-7-6-18-10-20)19-16(22)13-5-4-12-8-17(2,3)23-15(12)14(13)21/h4-7,10-11,21H,8-9H2,1-3H3,(H,19,22)/t11-/m1/s1. The number of hydrogen-bond donors (Lipinski definition) is 2. The van der Waals surface area contributed by atoms with E-state index in [0.717, 1.165) is 12.0 Å². The van der Waals surface area contributed by atoms with Crippen LogP contribution in [0.25, 0.3) is 0 Å². The Morgan fingerprint density at radius 2 is 2.30 bits per heavy atom. The zero-order chi connectivity index (χ0) is 16.6. The first-order valence-corrected chi connectivity index (χ1v) is 7.66. The van der Waals surface area contributed by atoms with Crippen LogP contribution >= 0.6 is 0 Å². The second-order valence-electron chi connectivity index (χ2n) is 6.62. The fourth-order valence-electron chi connectivity index (χ4n) is 2.88. The maximum atomic E-state index is 12.4. The molecule has 122 valence electrons. The van der Waals surface area contributed by atoms with Crippen molar-refractivity contribution >= 4 is 5.91 Å². The van der Waals surface area contributed by atoms with Gasteiger partial charge in [0.1, 0.15) is 5.60 Å². The molecule has 0 unspecified atom stereocenters. The second kappa shape index (κ2) is 5.61. The third-order valence-corrected chi connectivity index (χ3v) is 3.87. The van der Waals surface area contributed by atoms with Crippen LogP contribution in [0.2, 0.25) is 0 Å². The molecule has 6 heteroatoms. The number of phenolic OH excluding ortho intramolecular Hbond substituents is 1. The van der Waals surface area contributed by atoms with E-state index in [9.17, 15) is 9.90 Å². The average Bonchev–Trinajstić information content (AvgIpc) is 3.05. The summed E-state index contributed by atoms with van der Waals surface area (Å²) in [6, 6.07) is 3.40. The van der Waals surface area contributed by atoms with Gasteiger partial charge in [-0.2, -0.15) is 0 Å². The number of carbonyl (C=O) groups is 1. The van der Waals surface area contributed by atoms with Crippen LogP contribution in [0.3, 0.4) is 0 Å². The Hall–Kier alpha value is -2.50. The predicted octanol–water partition coefficient (Wildman–Crippen LogP) is 2.12. The lowest BCUT2D eigenvalue weighted by atomic mass is 10.00. The normalized spacial score (nSPS) is 16.5. The van der Waals surface area contributed by atoms with Crippen molar-refractivity contribution in [2.24, 2.45) is 0 Å². The molecule has 1 aliphatic rings. The molecular weight excluding hydrogens is 294 g/mol. The maximum Gasteiger partial charge on any atom is 0.255 e. The molecular formula is C17H21N3O3. The van der Waals surface area contributed by atoms with Gasteiger partial charge in [0.05, 0.1) is 11.9 Å². The first-order valence-electron chi connectivity index (χ1n) is 7.66. The van der Waals surface area contributed by atoms with E-state index in [1.165, 1.54) is 0 Å². The first kappa shape index (κ1) is 15.4. The Balaban J connectivity index is 1.73. The number of aromatic hydroxyl groups is 1. The monoisotopic (exact) mass is 315 g/mol. The molecule has 0 spiro atoms. The Bertz CT molecular complexity index is 723. The minimum atomic E-state index is -0.358. The van der Waals surface area contributed by atoms with Crippen molar-refractivity contribution in [1.29, 1.82) is 0 Å². The Morgan fingerprint density at radius 3 is 3.00 bits per heavy atom. The van der Waals surface area contributed by atoms with Gasteiger partial charge in [-0.1, -0.05) is 6.07 Å². The first-order chi connectivity index (χ1) is 10.9. The van der Waals surface area contributed by atoms with E-state index >= 15 is 0 Å². The summed E-state index contributed by atoms with van der Waals surface area (Å²) in [6.07, 6.45) is 5.95. The van der Waals surface area contributed by atoms with Crippen LogP contribution in [-0.4, -0.2) is 32.2 Å². The van der Waals surface area contributed by atoms with E-state index in [4.69, 9.17) is 4.74 Å². The van der Waals surface area contributed by atoms with Crippen LogP contribution in [0.5, 0.6) is 11.5 Å². The van der Waals surface area contributed by atoms with Gasteiger partial charge in [0.15, 0.2) is 11.5 Å². The average molecular weight is 315 g/mol. The van der Waals surface area contributed by atoms with E-state index < -0.39 is 0 Å². The molecule has 2 N–H and O–H groups in total. The summed E-state index contributed by atoms with van der Waals surface area (Å²) < 4.78 is 7.65. The number of fused-ring (bicyclic) bond motifs is 1. The number of ether oxygens (including phenoxy) is 1. The van der Waals surface area contributed by atoms with Crippen molar-refractivity contribution in [1.82, 2.24) is 14.9 Å². The third-order valence-electron chi connectivity index (χ3n) is 3.87. The number of nitrogens with one attached hydrogen (secondary N) is 1. The van der Waals surface area contributed by atoms with E-state index in [0.29, 0.717) is 12.3 Å². The van der Waals surface area contributed by atoms with Crippen molar-refractivity contribution < 1.29 is 14.6 Å². The fraction of sp³-hybridized carbons (Fsp3) is 0.412. The van der Waals surface area contributed by atoms with Crippen molar-refractivity contribution in [2.45, 2.75) is 45.4 Å². The smallest absolute Gasteiger partial charge is 0.255 e. The highest BCUT2D eigenvalue weighted by atomic mass is 16.5. The van der Waals surface area contributed by atoms with Gasteiger partial charge >= 0.3 is 0 Å². The van der Waals surface area contributed by atoms with Crippen molar-refractivity contribution in [3.05, 3.63) is 42.0 Å². The van der Waals surface area contributed by atoms with Gasteiger partial charge in [0, 0.05) is 37.0 Å². The maximum absolute atomic E-state index is 12.4. The molecule has 0 aliphatic carbocycles. The summed E-state index contributed by atoms with van der Waals surface area (Å²) in [6.45, 7) is 6.43. The van der Waals surface area contributed by atoms with Gasteiger partial charge in [-0.15, -0.1) is 0 Å². The SMILES string of the molecule is C[C@H](Cn1ccnc1)NC(=O)c1ccc2c(c1O)OC(C)(C)C2. The molecule has 0 saturated heterocycles. The second-order valence-corrected chi connectivity index (χ2v) is 6.62. The zero-order valence-corrected chi connectivity index (χ0v) is 13.5. The van der Waals surface area contributed by atoms with Crippen LogP contribution in [0, 0.1) is 0 Å². The van der Waals surface area contributed by atoms with Gasteiger partial charge in [-0.3, -0.25) is 4.79 Å². The summed E-state index contributed by atoms with van der Waals surface area (Å²) in [5.41, 5.74) is 0.804. The van der Waals surface area contributed by atoms with Crippen LogP contribution in [0.1, 0.15) is 36.7 Å².